The molecule has 1 atom stereocenters. The number of carbonyl (C=O) groups is 3. The van der Waals surface area contributed by atoms with Crippen molar-refractivity contribution in [3.63, 3.8) is 0 Å². The van der Waals surface area contributed by atoms with Gasteiger partial charge in [-0.1, -0.05) is 60.7 Å². The number of benzene rings is 2. The van der Waals surface area contributed by atoms with Crippen LogP contribution in [0.4, 0.5) is 0 Å². The number of rotatable bonds is 9. The summed E-state index contributed by atoms with van der Waals surface area (Å²) in [4.78, 5) is 40.2. The van der Waals surface area contributed by atoms with Gasteiger partial charge in [0.2, 0.25) is 17.7 Å². The lowest BCUT2D eigenvalue weighted by Gasteiger charge is -2.32. The Morgan fingerprint density at radius 2 is 1.45 bits per heavy atom. The van der Waals surface area contributed by atoms with Crippen molar-refractivity contribution in [2.75, 3.05) is 13.1 Å². The highest BCUT2D eigenvalue weighted by atomic mass is 16.2. The van der Waals surface area contributed by atoms with Crippen LogP contribution in [-0.2, 0) is 27.2 Å². The second-order valence-corrected chi connectivity index (χ2v) is 9.17. The highest BCUT2D eigenvalue weighted by molar-refractivity contribution is 5.89. The Kier molecular flexibility index (Phi) is 7.76. The van der Waals surface area contributed by atoms with Gasteiger partial charge in [0.25, 0.3) is 0 Å². The average Bonchev–Trinajstić information content (AvgIpc) is 3.67. The maximum absolute atomic E-state index is 13.0. The van der Waals surface area contributed by atoms with Crippen molar-refractivity contribution in [1.82, 2.24) is 15.5 Å². The second-order valence-electron chi connectivity index (χ2n) is 9.17. The standard InChI is InChI=1S/C27H33N3O3/c31-25(14-11-20-7-3-1-4-8-20)30-17-15-22(16-18-30)26(32)29-24(27(33)28-23-12-13-23)19-21-9-5-2-6-10-21/h1-10,22-24H,11-19H2,(H,28,33)(H,29,32). The smallest absolute Gasteiger partial charge is 0.243 e. The molecule has 1 saturated carbocycles. The molecule has 1 aliphatic heterocycles. The summed E-state index contributed by atoms with van der Waals surface area (Å²) in [5, 5.41) is 6.03. The van der Waals surface area contributed by atoms with E-state index in [0.717, 1.165) is 30.4 Å². The molecule has 2 N–H and O–H groups in total. The summed E-state index contributed by atoms with van der Waals surface area (Å²) in [6.45, 7) is 1.17. The Labute approximate surface area is 195 Å². The first-order valence-corrected chi connectivity index (χ1v) is 12.0. The molecule has 0 spiro atoms. The molecular formula is C27H33N3O3. The lowest BCUT2D eigenvalue weighted by molar-refractivity contribution is -0.136. The van der Waals surface area contributed by atoms with E-state index in [1.54, 1.807) is 0 Å². The van der Waals surface area contributed by atoms with Crippen molar-refractivity contribution < 1.29 is 14.4 Å². The van der Waals surface area contributed by atoms with Gasteiger partial charge in [-0.3, -0.25) is 14.4 Å². The number of piperidine rings is 1. The SMILES string of the molecule is O=C(NC(Cc1ccccc1)C(=O)NC1CC1)C1CCN(C(=O)CCc2ccccc2)CC1. The fourth-order valence-corrected chi connectivity index (χ4v) is 4.32. The zero-order valence-corrected chi connectivity index (χ0v) is 19.0. The molecule has 2 fully saturated rings. The van der Waals surface area contributed by atoms with Crippen molar-refractivity contribution >= 4 is 17.7 Å². The second kappa shape index (κ2) is 11.1. The van der Waals surface area contributed by atoms with Crippen LogP contribution in [0.1, 0.15) is 43.2 Å². The van der Waals surface area contributed by atoms with Crippen LogP contribution in [0.3, 0.4) is 0 Å². The normalized spacial score (nSPS) is 17.3. The summed E-state index contributed by atoms with van der Waals surface area (Å²) in [6.07, 6.45) is 4.97. The number of likely N-dealkylation sites (tertiary alicyclic amines) is 1. The zero-order valence-electron chi connectivity index (χ0n) is 19.0. The number of carbonyl (C=O) groups excluding carboxylic acids is 3. The highest BCUT2D eigenvalue weighted by Gasteiger charge is 2.32. The van der Waals surface area contributed by atoms with E-state index in [-0.39, 0.29) is 29.7 Å². The van der Waals surface area contributed by atoms with Gasteiger partial charge in [-0.25, -0.2) is 0 Å². The van der Waals surface area contributed by atoms with Crippen LogP contribution in [0.2, 0.25) is 0 Å². The quantitative estimate of drug-likeness (QED) is 0.621. The van der Waals surface area contributed by atoms with Gasteiger partial charge < -0.3 is 15.5 Å². The summed E-state index contributed by atoms with van der Waals surface area (Å²) in [5.41, 5.74) is 2.18. The van der Waals surface area contributed by atoms with Crippen molar-refractivity contribution in [1.29, 1.82) is 0 Å². The Morgan fingerprint density at radius 3 is 2.06 bits per heavy atom. The van der Waals surface area contributed by atoms with E-state index in [0.29, 0.717) is 38.8 Å². The van der Waals surface area contributed by atoms with Gasteiger partial charge >= 0.3 is 0 Å². The van der Waals surface area contributed by atoms with E-state index in [1.165, 1.54) is 0 Å². The molecule has 0 radical (unpaired) electrons. The fraction of sp³-hybridized carbons (Fsp3) is 0.444. The van der Waals surface area contributed by atoms with Crippen molar-refractivity contribution in [2.24, 2.45) is 5.92 Å². The number of nitrogens with zero attached hydrogens (tertiary/aromatic N) is 1. The Bertz CT molecular complexity index is 936. The maximum atomic E-state index is 13.0. The van der Waals surface area contributed by atoms with Crippen LogP contribution in [0, 0.1) is 5.92 Å². The van der Waals surface area contributed by atoms with Gasteiger partial charge in [0, 0.05) is 37.9 Å². The average molecular weight is 448 g/mol. The van der Waals surface area contributed by atoms with Gasteiger partial charge in [0.15, 0.2) is 0 Å². The minimum Gasteiger partial charge on any atom is -0.352 e. The van der Waals surface area contributed by atoms with E-state index in [1.807, 2.05) is 65.6 Å². The fourth-order valence-electron chi connectivity index (χ4n) is 4.32. The Balaban J connectivity index is 1.27. The van der Waals surface area contributed by atoms with E-state index in [2.05, 4.69) is 10.6 Å². The predicted molar refractivity (Wildman–Crippen MR) is 127 cm³/mol. The first kappa shape index (κ1) is 23.0. The number of nitrogens with one attached hydrogen (secondary N) is 2. The molecular weight excluding hydrogens is 414 g/mol. The molecule has 1 saturated heterocycles. The molecule has 174 valence electrons. The van der Waals surface area contributed by atoms with Crippen molar-refractivity contribution in [2.45, 2.75) is 57.0 Å². The molecule has 2 aliphatic rings. The Morgan fingerprint density at radius 1 is 0.848 bits per heavy atom. The molecule has 1 unspecified atom stereocenters. The van der Waals surface area contributed by atoms with E-state index in [4.69, 9.17) is 0 Å². The molecule has 6 heteroatoms. The number of hydrogen-bond donors (Lipinski definition) is 2. The minimum atomic E-state index is -0.578. The molecule has 1 aliphatic carbocycles. The van der Waals surface area contributed by atoms with E-state index < -0.39 is 6.04 Å². The third kappa shape index (κ3) is 6.91. The zero-order chi connectivity index (χ0) is 23.0. The van der Waals surface area contributed by atoms with Crippen LogP contribution in [-0.4, -0.2) is 47.8 Å². The summed E-state index contributed by atoms with van der Waals surface area (Å²) < 4.78 is 0. The molecule has 3 amide bonds. The molecule has 6 nitrogen and oxygen atoms in total. The highest BCUT2D eigenvalue weighted by Crippen LogP contribution is 2.21. The molecule has 0 aromatic heterocycles. The van der Waals surface area contributed by atoms with Gasteiger partial charge in [0.05, 0.1) is 0 Å². The summed E-state index contributed by atoms with van der Waals surface area (Å²) >= 11 is 0. The van der Waals surface area contributed by atoms with Gasteiger partial charge in [0.1, 0.15) is 6.04 Å². The van der Waals surface area contributed by atoms with Crippen LogP contribution in [0.5, 0.6) is 0 Å². The summed E-state index contributed by atoms with van der Waals surface area (Å²) in [6, 6.07) is 19.5. The first-order valence-electron chi connectivity index (χ1n) is 12.0. The van der Waals surface area contributed by atoms with Crippen LogP contribution < -0.4 is 10.6 Å². The minimum absolute atomic E-state index is 0.0849. The number of aryl methyl sites for hydroxylation is 1. The monoisotopic (exact) mass is 447 g/mol. The van der Waals surface area contributed by atoms with E-state index in [9.17, 15) is 14.4 Å². The lowest BCUT2D eigenvalue weighted by Crippen LogP contribution is -2.51. The maximum Gasteiger partial charge on any atom is 0.243 e. The van der Waals surface area contributed by atoms with Crippen LogP contribution >= 0.6 is 0 Å². The van der Waals surface area contributed by atoms with Gasteiger partial charge in [-0.2, -0.15) is 0 Å². The lowest BCUT2D eigenvalue weighted by atomic mass is 9.94. The van der Waals surface area contributed by atoms with Crippen molar-refractivity contribution in [3.05, 3.63) is 71.8 Å². The molecule has 2 aromatic rings. The van der Waals surface area contributed by atoms with Gasteiger partial charge in [-0.15, -0.1) is 0 Å². The molecule has 0 bridgehead atoms. The number of hydrogen-bond acceptors (Lipinski definition) is 3. The van der Waals surface area contributed by atoms with Crippen molar-refractivity contribution in [3.8, 4) is 0 Å². The molecule has 4 rings (SSSR count). The number of amides is 3. The van der Waals surface area contributed by atoms with E-state index >= 15 is 0 Å². The predicted octanol–water partition coefficient (Wildman–Crippen LogP) is 2.86. The van der Waals surface area contributed by atoms with Crippen LogP contribution in [0.15, 0.2) is 60.7 Å². The summed E-state index contributed by atoms with van der Waals surface area (Å²) in [7, 11) is 0. The molecule has 33 heavy (non-hydrogen) atoms. The third-order valence-corrected chi connectivity index (χ3v) is 6.53. The largest absolute Gasteiger partial charge is 0.352 e. The first-order chi connectivity index (χ1) is 16.1. The molecule has 2 aromatic carbocycles. The third-order valence-electron chi connectivity index (χ3n) is 6.53. The Hall–Kier alpha value is -3.15. The van der Waals surface area contributed by atoms with Crippen LogP contribution in [0.25, 0.3) is 0 Å². The summed E-state index contributed by atoms with van der Waals surface area (Å²) in [5.74, 6) is -0.222. The van der Waals surface area contributed by atoms with Gasteiger partial charge in [-0.05, 0) is 43.2 Å². The topological polar surface area (TPSA) is 78.5 Å². The molecule has 1 heterocycles.